The molecule has 1 heterocycles. The lowest BCUT2D eigenvalue weighted by molar-refractivity contribution is 0.0507. The summed E-state index contributed by atoms with van der Waals surface area (Å²) in [6.07, 6.45) is 2.45. The molecule has 2 N–H and O–H groups in total. The monoisotopic (exact) mass is 342 g/mol. The molecule has 0 radical (unpaired) electrons. The van der Waals surface area contributed by atoms with Gasteiger partial charge in [0.2, 0.25) is 0 Å². The minimum Gasteiger partial charge on any atom is -0.444 e. The predicted octanol–water partition coefficient (Wildman–Crippen LogP) is 2.08. The van der Waals surface area contributed by atoms with Crippen LogP contribution in [0, 0.1) is 0 Å². The van der Waals surface area contributed by atoms with Crippen molar-refractivity contribution < 1.29 is 9.53 Å². The summed E-state index contributed by atoms with van der Waals surface area (Å²) in [5, 5.41) is 6.29. The van der Waals surface area contributed by atoms with E-state index >= 15 is 0 Å². The van der Waals surface area contributed by atoms with Crippen molar-refractivity contribution in [1.29, 1.82) is 0 Å². The Morgan fingerprint density at radius 1 is 1.52 bits per heavy atom. The van der Waals surface area contributed by atoms with E-state index in [-0.39, 0.29) is 12.1 Å². The third-order valence-corrected chi connectivity index (χ3v) is 4.15. The van der Waals surface area contributed by atoms with Gasteiger partial charge in [0.15, 0.2) is 5.96 Å². The molecule has 1 rings (SSSR count). The molecule has 1 saturated heterocycles. The standard InChI is InChI=1S/C16H30N4O2S/c1-6-10-23-11-8-18-14(17-5)20-9-7-13(12-20)19-15(21)22-16(2,3)4/h6,13H,1,7-12H2,2-5H3,(H,17,18)(H,19,21). The highest BCUT2D eigenvalue weighted by Gasteiger charge is 2.27. The molecule has 132 valence electrons. The first-order chi connectivity index (χ1) is 10.9. The number of carbonyl (C=O) groups excluding carboxylic acids is 1. The normalized spacial score (nSPS) is 18.7. The smallest absolute Gasteiger partial charge is 0.407 e. The minimum atomic E-state index is -0.469. The van der Waals surface area contributed by atoms with Crippen LogP contribution in [0.25, 0.3) is 0 Å². The summed E-state index contributed by atoms with van der Waals surface area (Å²) in [7, 11) is 1.79. The molecule has 23 heavy (non-hydrogen) atoms. The number of aliphatic imine (C=N–C) groups is 1. The van der Waals surface area contributed by atoms with E-state index < -0.39 is 5.60 Å². The van der Waals surface area contributed by atoms with Crippen LogP contribution in [0.1, 0.15) is 27.2 Å². The zero-order valence-electron chi connectivity index (χ0n) is 14.7. The van der Waals surface area contributed by atoms with Crippen molar-refractivity contribution in [3.63, 3.8) is 0 Å². The first kappa shape index (κ1) is 19.7. The van der Waals surface area contributed by atoms with Gasteiger partial charge in [-0.2, -0.15) is 11.8 Å². The van der Waals surface area contributed by atoms with Crippen molar-refractivity contribution in [3.8, 4) is 0 Å². The van der Waals surface area contributed by atoms with Crippen molar-refractivity contribution >= 4 is 23.8 Å². The summed E-state index contributed by atoms with van der Waals surface area (Å²) in [6, 6.07) is 0.0959. The Labute approximate surface area is 144 Å². The molecule has 1 amide bonds. The molecule has 0 aromatic rings. The Morgan fingerprint density at radius 3 is 2.87 bits per heavy atom. The molecule has 0 aromatic heterocycles. The quantitative estimate of drug-likeness (QED) is 0.335. The van der Waals surface area contributed by atoms with E-state index in [1.54, 1.807) is 7.05 Å². The van der Waals surface area contributed by atoms with Crippen molar-refractivity contribution in [2.24, 2.45) is 4.99 Å². The van der Waals surface area contributed by atoms with Gasteiger partial charge in [-0.3, -0.25) is 4.99 Å². The maximum Gasteiger partial charge on any atom is 0.407 e. The van der Waals surface area contributed by atoms with E-state index in [0.717, 1.165) is 43.5 Å². The largest absolute Gasteiger partial charge is 0.444 e. The molecule has 0 saturated carbocycles. The Balaban J connectivity index is 2.33. The first-order valence-corrected chi connectivity index (χ1v) is 9.15. The molecule has 0 aliphatic carbocycles. The van der Waals surface area contributed by atoms with Crippen LogP contribution in [0.3, 0.4) is 0 Å². The fourth-order valence-corrected chi connectivity index (χ4v) is 2.86. The fourth-order valence-electron chi connectivity index (χ4n) is 2.28. The third-order valence-electron chi connectivity index (χ3n) is 3.19. The zero-order chi connectivity index (χ0) is 17.3. The van der Waals surface area contributed by atoms with Gasteiger partial charge >= 0.3 is 6.09 Å². The van der Waals surface area contributed by atoms with Crippen LogP contribution in [0.5, 0.6) is 0 Å². The zero-order valence-corrected chi connectivity index (χ0v) is 15.5. The van der Waals surface area contributed by atoms with Crippen LogP contribution in [0.15, 0.2) is 17.6 Å². The van der Waals surface area contributed by atoms with E-state index in [9.17, 15) is 4.79 Å². The molecule has 1 unspecified atom stereocenters. The average Bonchev–Trinajstić information content (AvgIpc) is 2.89. The van der Waals surface area contributed by atoms with Crippen molar-refractivity contribution in [2.75, 3.05) is 38.2 Å². The van der Waals surface area contributed by atoms with Crippen LogP contribution in [0.4, 0.5) is 4.79 Å². The summed E-state index contributed by atoms with van der Waals surface area (Å²) in [4.78, 5) is 18.3. The highest BCUT2D eigenvalue weighted by molar-refractivity contribution is 7.99. The molecule has 1 fully saturated rings. The number of carbonyl (C=O) groups is 1. The van der Waals surface area contributed by atoms with Crippen molar-refractivity contribution in [1.82, 2.24) is 15.5 Å². The van der Waals surface area contributed by atoms with Gasteiger partial charge in [-0.25, -0.2) is 4.79 Å². The molecule has 1 aliphatic rings. The Bertz CT molecular complexity index is 421. The lowest BCUT2D eigenvalue weighted by Crippen LogP contribution is -2.44. The number of likely N-dealkylation sites (tertiary alicyclic amines) is 1. The maximum atomic E-state index is 11.8. The van der Waals surface area contributed by atoms with E-state index in [4.69, 9.17) is 4.74 Å². The summed E-state index contributed by atoms with van der Waals surface area (Å²) in [5.74, 6) is 2.86. The number of hydrogen-bond donors (Lipinski definition) is 2. The number of alkyl carbamates (subject to hydrolysis) is 1. The number of nitrogens with one attached hydrogen (secondary N) is 2. The van der Waals surface area contributed by atoms with E-state index in [1.165, 1.54) is 0 Å². The maximum absolute atomic E-state index is 11.8. The predicted molar refractivity (Wildman–Crippen MR) is 98.2 cm³/mol. The van der Waals surface area contributed by atoms with Gasteiger partial charge < -0.3 is 20.3 Å². The van der Waals surface area contributed by atoms with Crippen molar-refractivity contribution in [3.05, 3.63) is 12.7 Å². The molecule has 0 aromatic carbocycles. The SMILES string of the molecule is C=CCSCCNC(=NC)N1CCC(NC(=O)OC(C)(C)C)C1. The van der Waals surface area contributed by atoms with Gasteiger partial charge in [0, 0.05) is 38.2 Å². The second-order valence-electron chi connectivity index (χ2n) is 6.42. The van der Waals surface area contributed by atoms with Crippen LogP contribution >= 0.6 is 11.8 Å². The van der Waals surface area contributed by atoms with Gasteiger partial charge in [0.25, 0.3) is 0 Å². The molecule has 1 aliphatic heterocycles. The third kappa shape index (κ3) is 8.16. The number of thioether (sulfide) groups is 1. The van der Waals surface area contributed by atoms with Crippen LogP contribution in [0.2, 0.25) is 0 Å². The summed E-state index contributed by atoms with van der Waals surface area (Å²) >= 11 is 1.83. The first-order valence-electron chi connectivity index (χ1n) is 7.99. The van der Waals surface area contributed by atoms with Gasteiger partial charge in [-0.1, -0.05) is 6.08 Å². The van der Waals surface area contributed by atoms with Gasteiger partial charge in [-0.15, -0.1) is 6.58 Å². The number of rotatable bonds is 6. The minimum absolute atomic E-state index is 0.0959. The number of ether oxygens (including phenoxy) is 1. The van der Waals surface area contributed by atoms with Crippen LogP contribution < -0.4 is 10.6 Å². The molecule has 7 heteroatoms. The Morgan fingerprint density at radius 2 is 2.26 bits per heavy atom. The second-order valence-corrected chi connectivity index (χ2v) is 7.57. The molecular formula is C16H30N4O2S. The van der Waals surface area contributed by atoms with Gasteiger partial charge in [0.1, 0.15) is 5.60 Å². The number of nitrogens with zero attached hydrogens (tertiary/aromatic N) is 2. The summed E-state index contributed by atoms with van der Waals surface area (Å²) < 4.78 is 5.30. The summed E-state index contributed by atoms with van der Waals surface area (Å²) in [5.41, 5.74) is -0.469. The molecular weight excluding hydrogens is 312 g/mol. The fraction of sp³-hybridized carbons (Fsp3) is 0.750. The van der Waals surface area contributed by atoms with E-state index in [0.29, 0.717) is 0 Å². The number of hydrogen-bond acceptors (Lipinski definition) is 4. The molecule has 6 nitrogen and oxygen atoms in total. The van der Waals surface area contributed by atoms with E-state index in [2.05, 4.69) is 27.1 Å². The van der Waals surface area contributed by atoms with Gasteiger partial charge in [0.05, 0.1) is 6.04 Å². The Kier molecular flexibility index (Phi) is 8.30. The molecule has 0 bridgehead atoms. The lowest BCUT2D eigenvalue weighted by Gasteiger charge is -2.23. The lowest BCUT2D eigenvalue weighted by atomic mass is 10.2. The molecule has 1 atom stereocenters. The van der Waals surface area contributed by atoms with Crippen LogP contribution in [-0.4, -0.2) is 66.8 Å². The number of guanidine groups is 1. The Hall–Kier alpha value is -1.37. The van der Waals surface area contributed by atoms with Gasteiger partial charge in [-0.05, 0) is 27.2 Å². The summed E-state index contributed by atoms with van der Waals surface area (Å²) in [6.45, 7) is 11.8. The second kappa shape index (κ2) is 9.70. The average molecular weight is 343 g/mol. The van der Waals surface area contributed by atoms with Crippen molar-refractivity contribution in [2.45, 2.75) is 38.8 Å². The highest BCUT2D eigenvalue weighted by atomic mass is 32.2. The van der Waals surface area contributed by atoms with Crippen LogP contribution in [-0.2, 0) is 4.74 Å². The molecule has 0 spiro atoms. The number of amides is 1. The topological polar surface area (TPSA) is 66.0 Å². The van der Waals surface area contributed by atoms with E-state index in [1.807, 2.05) is 38.6 Å². The highest BCUT2D eigenvalue weighted by Crippen LogP contribution is 2.12.